The summed E-state index contributed by atoms with van der Waals surface area (Å²) in [7, 11) is 0. The Morgan fingerprint density at radius 1 is 1.38 bits per heavy atom. The van der Waals surface area contributed by atoms with E-state index in [1.807, 2.05) is 12.1 Å². The molecule has 2 aromatic rings. The Bertz CT molecular complexity index is 621. The summed E-state index contributed by atoms with van der Waals surface area (Å²) in [5.74, 6) is 1.98. The van der Waals surface area contributed by atoms with Crippen molar-refractivity contribution >= 4 is 11.3 Å². The lowest BCUT2D eigenvalue weighted by molar-refractivity contribution is 0.262. The van der Waals surface area contributed by atoms with Gasteiger partial charge in [-0.15, -0.1) is 11.3 Å². The van der Waals surface area contributed by atoms with Crippen molar-refractivity contribution in [2.24, 2.45) is 11.7 Å². The summed E-state index contributed by atoms with van der Waals surface area (Å²) in [5.41, 5.74) is 8.35. The molecule has 0 saturated heterocycles. The van der Waals surface area contributed by atoms with E-state index < -0.39 is 0 Å². The van der Waals surface area contributed by atoms with Crippen LogP contribution in [0.5, 0.6) is 5.75 Å². The van der Waals surface area contributed by atoms with E-state index >= 15 is 0 Å². The fourth-order valence-electron chi connectivity index (χ4n) is 2.77. The van der Waals surface area contributed by atoms with Crippen molar-refractivity contribution in [2.75, 3.05) is 6.61 Å². The van der Waals surface area contributed by atoms with Crippen molar-refractivity contribution in [3.63, 3.8) is 0 Å². The van der Waals surface area contributed by atoms with Gasteiger partial charge in [-0.05, 0) is 30.4 Å². The Morgan fingerprint density at radius 2 is 2.19 bits per heavy atom. The fraction of sp³-hybridized carbons (Fsp3) is 0.471. The van der Waals surface area contributed by atoms with E-state index in [1.54, 1.807) is 11.3 Å². The molecule has 3 rings (SSSR count). The second-order valence-electron chi connectivity index (χ2n) is 6.04. The van der Waals surface area contributed by atoms with Crippen LogP contribution in [0.3, 0.4) is 0 Å². The Hall–Kier alpha value is -1.39. The van der Waals surface area contributed by atoms with Crippen molar-refractivity contribution in [3.8, 4) is 5.75 Å². The van der Waals surface area contributed by atoms with Gasteiger partial charge >= 0.3 is 0 Å². The van der Waals surface area contributed by atoms with Gasteiger partial charge in [0.25, 0.3) is 0 Å². The second kappa shape index (κ2) is 6.16. The van der Waals surface area contributed by atoms with E-state index in [0.29, 0.717) is 18.4 Å². The molecule has 0 saturated carbocycles. The standard InChI is InChI=1S/C17H22N2OS/c1-11(2)7-14-16(9-18)21-17(19-14)13-8-12-5-3-4-6-15(12)20-10-13/h3-6,11,13H,7-10,18H2,1-2H3. The third-order valence-corrected chi connectivity index (χ3v) is 5.09. The normalized spacial score (nSPS) is 17.6. The van der Waals surface area contributed by atoms with Crippen LogP contribution >= 0.6 is 11.3 Å². The van der Waals surface area contributed by atoms with Gasteiger partial charge in [0.1, 0.15) is 5.75 Å². The molecule has 0 amide bonds. The average Bonchev–Trinajstić information content (AvgIpc) is 2.89. The molecule has 0 radical (unpaired) electrons. The zero-order chi connectivity index (χ0) is 14.8. The van der Waals surface area contributed by atoms with E-state index in [1.165, 1.54) is 21.1 Å². The van der Waals surface area contributed by atoms with Crippen molar-refractivity contribution in [3.05, 3.63) is 45.4 Å². The number of rotatable bonds is 4. The molecule has 1 unspecified atom stereocenters. The molecule has 4 heteroatoms. The van der Waals surface area contributed by atoms with Crippen LogP contribution in [-0.4, -0.2) is 11.6 Å². The van der Waals surface area contributed by atoms with Crippen LogP contribution in [0.4, 0.5) is 0 Å². The quantitative estimate of drug-likeness (QED) is 0.940. The van der Waals surface area contributed by atoms with E-state index in [4.69, 9.17) is 15.5 Å². The van der Waals surface area contributed by atoms with Gasteiger partial charge in [0.15, 0.2) is 0 Å². The molecule has 3 nitrogen and oxygen atoms in total. The number of para-hydroxylation sites is 1. The summed E-state index contributed by atoms with van der Waals surface area (Å²) in [6, 6.07) is 8.29. The molecule has 112 valence electrons. The summed E-state index contributed by atoms with van der Waals surface area (Å²) < 4.78 is 5.89. The molecule has 2 heterocycles. The first-order valence-corrected chi connectivity index (χ1v) is 8.38. The van der Waals surface area contributed by atoms with Gasteiger partial charge in [-0.1, -0.05) is 32.0 Å². The highest BCUT2D eigenvalue weighted by molar-refractivity contribution is 7.11. The lowest BCUT2D eigenvalue weighted by Crippen LogP contribution is -2.19. The molecule has 1 aromatic carbocycles. The molecular weight excluding hydrogens is 280 g/mol. The summed E-state index contributed by atoms with van der Waals surface area (Å²) in [5, 5.41) is 1.18. The lowest BCUT2D eigenvalue weighted by Gasteiger charge is -2.23. The van der Waals surface area contributed by atoms with Crippen LogP contribution < -0.4 is 10.5 Å². The smallest absolute Gasteiger partial charge is 0.122 e. The molecule has 1 aromatic heterocycles. The van der Waals surface area contributed by atoms with Gasteiger partial charge in [-0.2, -0.15) is 0 Å². The summed E-state index contributed by atoms with van der Waals surface area (Å²) >= 11 is 1.77. The summed E-state index contributed by atoms with van der Waals surface area (Å²) in [6.45, 7) is 5.75. The minimum atomic E-state index is 0.358. The van der Waals surface area contributed by atoms with Gasteiger partial charge in [0.2, 0.25) is 0 Å². The number of nitrogens with two attached hydrogens (primary N) is 1. The van der Waals surface area contributed by atoms with Crippen molar-refractivity contribution in [1.29, 1.82) is 0 Å². The highest BCUT2D eigenvalue weighted by atomic mass is 32.1. The number of ether oxygens (including phenoxy) is 1. The topological polar surface area (TPSA) is 48.1 Å². The molecule has 1 aliphatic heterocycles. The number of aromatic nitrogens is 1. The third kappa shape index (κ3) is 3.11. The summed E-state index contributed by atoms with van der Waals surface area (Å²) in [6.07, 6.45) is 2.02. The van der Waals surface area contributed by atoms with Crippen LogP contribution in [0.2, 0.25) is 0 Å². The van der Waals surface area contributed by atoms with Gasteiger partial charge in [-0.25, -0.2) is 4.98 Å². The molecule has 1 aliphatic rings. The lowest BCUT2D eigenvalue weighted by atomic mass is 9.97. The van der Waals surface area contributed by atoms with E-state index in [0.717, 1.165) is 25.2 Å². The first kappa shape index (κ1) is 14.5. The molecule has 2 N–H and O–H groups in total. The predicted octanol–water partition coefficient (Wildman–Crippen LogP) is 3.52. The molecule has 0 spiro atoms. The number of fused-ring (bicyclic) bond motifs is 1. The molecule has 1 atom stereocenters. The number of nitrogens with zero attached hydrogens (tertiary/aromatic N) is 1. The largest absolute Gasteiger partial charge is 0.493 e. The summed E-state index contributed by atoms with van der Waals surface area (Å²) in [4.78, 5) is 6.11. The second-order valence-corrected chi connectivity index (χ2v) is 7.16. The van der Waals surface area contributed by atoms with Crippen LogP contribution in [0.25, 0.3) is 0 Å². The zero-order valence-corrected chi connectivity index (χ0v) is 13.5. The van der Waals surface area contributed by atoms with Crippen LogP contribution in [0, 0.1) is 5.92 Å². The SMILES string of the molecule is CC(C)Cc1nc(C2COc3ccccc3C2)sc1CN. The van der Waals surface area contributed by atoms with Crippen LogP contribution in [0.1, 0.15) is 40.9 Å². The van der Waals surface area contributed by atoms with Gasteiger partial charge in [-0.3, -0.25) is 0 Å². The van der Waals surface area contributed by atoms with Gasteiger partial charge in [0.05, 0.1) is 17.3 Å². The van der Waals surface area contributed by atoms with E-state index in [9.17, 15) is 0 Å². The predicted molar refractivity (Wildman–Crippen MR) is 86.9 cm³/mol. The van der Waals surface area contributed by atoms with Gasteiger partial charge < -0.3 is 10.5 Å². The Morgan fingerprint density at radius 3 is 2.95 bits per heavy atom. The van der Waals surface area contributed by atoms with Crippen molar-refractivity contribution in [2.45, 2.75) is 39.2 Å². The highest BCUT2D eigenvalue weighted by Gasteiger charge is 2.25. The minimum absolute atomic E-state index is 0.358. The fourth-order valence-corrected chi connectivity index (χ4v) is 3.83. The Labute approximate surface area is 130 Å². The number of hydrogen-bond donors (Lipinski definition) is 1. The number of benzene rings is 1. The maximum atomic E-state index is 5.89. The van der Waals surface area contributed by atoms with E-state index in [2.05, 4.69) is 26.0 Å². The molecule has 0 fully saturated rings. The van der Waals surface area contributed by atoms with E-state index in [-0.39, 0.29) is 0 Å². The molecule has 0 bridgehead atoms. The van der Waals surface area contributed by atoms with Gasteiger partial charge in [0, 0.05) is 17.3 Å². The maximum Gasteiger partial charge on any atom is 0.122 e. The first-order valence-electron chi connectivity index (χ1n) is 7.56. The Balaban J connectivity index is 1.83. The highest BCUT2D eigenvalue weighted by Crippen LogP contribution is 2.35. The number of thiazole rings is 1. The molecular formula is C17H22N2OS. The monoisotopic (exact) mass is 302 g/mol. The third-order valence-electron chi connectivity index (χ3n) is 3.81. The maximum absolute atomic E-state index is 5.89. The first-order chi connectivity index (χ1) is 10.2. The average molecular weight is 302 g/mol. The number of hydrogen-bond acceptors (Lipinski definition) is 4. The molecule has 0 aliphatic carbocycles. The van der Waals surface area contributed by atoms with Crippen LogP contribution in [-0.2, 0) is 19.4 Å². The minimum Gasteiger partial charge on any atom is -0.493 e. The molecule has 21 heavy (non-hydrogen) atoms. The van der Waals surface area contributed by atoms with Crippen molar-refractivity contribution in [1.82, 2.24) is 4.98 Å². The van der Waals surface area contributed by atoms with Crippen LogP contribution in [0.15, 0.2) is 24.3 Å². The Kier molecular flexibility index (Phi) is 4.27. The zero-order valence-electron chi connectivity index (χ0n) is 12.6. The van der Waals surface area contributed by atoms with Crippen molar-refractivity contribution < 1.29 is 4.74 Å².